The second kappa shape index (κ2) is 8.69. The van der Waals surface area contributed by atoms with Gasteiger partial charge in [-0.25, -0.2) is 0 Å². The van der Waals surface area contributed by atoms with Gasteiger partial charge in [0.1, 0.15) is 5.75 Å². The van der Waals surface area contributed by atoms with E-state index in [1.165, 1.54) is 7.11 Å². The van der Waals surface area contributed by atoms with Crippen LogP contribution in [0.2, 0.25) is 0 Å². The molecular formula is C20H21BrO3. The summed E-state index contributed by atoms with van der Waals surface area (Å²) >= 11 is 3.42. The van der Waals surface area contributed by atoms with Crippen LogP contribution in [0.4, 0.5) is 0 Å². The van der Waals surface area contributed by atoms with Gasteiger partial charge in [-0.15, -0.1) is 0 Å². The van der Waals surface area contributed by atoms with Crippen molar-refractivity contribution in [3.63, 3.8) is 0 Å². The van der Waals surface area contributed by atoms with Crippen LogP contribution in [0.25, 0.3) is 6.08 Å². The van der Waals surface area contributed by atoms with E-state index in [2.05, 4.69) is 15.9 Å². The molecule has 2 aromatic carbocycles. The molecule has 0 saturated carbocycles. The van der Waals surface area contributed by atoms with Crippen LogP contribution in [0, 0.1) is 5.92 Å². The minimum absolute atomic E-state index is 0.000673. The Morgan fingerprint density at radius 3 is 2.21 bits per heavy atom. The summed E-state index contributed by atoms with van der Waals surface area (Å²) in [5.41, 5.74) is 2.00. The first-order valence-corrected chi connectivity index (χ1v) is 8.50. The zero-order valence-electron chi connectivity index (χ0n) is 14.0. The van der Waals surface area contributed by atoms with E-state index in [1.54, 1.807) is 7.11 Å². The fourth-order valence-electron chi connectivity index (χ4n) is 2.54. The van der Waals surface area contributed by atoms with E-state index < -0.39 is 0 Å². The molecular weight excluding hydrogens is 368 g/mol. The number of methoxy groups -OCH3 is 2. The summed E-state index contributed by atoms with van der Waals surface area (Å²) in [6.07, 6.45) is 4.05. The van der Waals surface area contributed by atoms with Crippen LogP contribution in [-0.2, 0) is 9.53 Å². The molecule has 0 bridgehead atoms. The van der Waals surface area contributed by atoms with E-state index in [4.69, 9.17) is 9.47 Å². The topological polar surface area (TPSA) is 35.5 Å². The van der Waals surface area contributed by atoms with Gasteiger partial charge in [-0.05, 0) is 41.3 Å². The molecule has 0 heterocycles. The van der Waals surface area contributed by atoms with Crippen molar-refractivity contribution < 1.29 is 14.3 Å². The average molecular weight is 389 g/mol. The minimum Gasteiger partial charge on any atom is -0.497 e. The number of halogens is 1. The van der Waals surface area contributed by atoms with Crippen LogP contribution in [0.3, 0.4) is 0 Å². The van der Waals surface area contributed by atoms with Crippen LogP contribution in [-0.4, -0.2) is 20.2 Å². The number of carbonyl (C=O) groups is 1. The van der Waals surface area contributed by atoms with Crippen molar-refractivity contribution in [3.05, 3.63) is 70.2 Å². The molecule has 2 atom stereocenters. The van der Waals surface area contributed by atoms with Gasteiger partial charge in [-0.2, -0.15) is 0 Å². The number of allylic oxidation sites excluding steroid dienone is 1. The van der Waals surface area contributed by atoms with Crippen molar-refractivity contribution in [2.75, 3.05) is 14.2 Å². The van der Waals surface area contributed by atoms with Crippen molar-refractivity contribution >= 4 is 28.0 Å². The number of rotatable bonds is 6. The Hall–Kier alpha value is -2.07. The summed E-state index contributed by atoms with van der Waals surface area (Å²) in [7, 11) is 3.07. The third-order valence-electron chi connectivity index (χ3n) is 3.92. The van der Waals surface area contributed by atoms with Gasteiger partial charge in [0.25, 0.3) is 0 Å². The molecule has 3 nitrogen and oxygen atoms in total. The molecule has 4 heteroatoms. The number of ether oxygens (including phenoxy) is 2. The highest BCUT2D eigenvalue weighted by Crippen LogP contribution is 2.29. The summed E-state index contributed by atoms with van der Waals surface area (Å²) in [5.74, 6) is 0.255. The second-order valence-corrected chi connectivity index (χ2v) is 6.46. The molecule has 126 valence electrons. The Balaban J connectivity index is 2.20. The molecule has 1 unspecified atom stereocenters. The van der Waals surface area contributed by atoms with E-state index in [0.29, 0.717) is 0 Å². The molecule has 0 amide bonds. The molecule has 0 aliphatic carbocycles. The van der Waals surface area contributed by atoms with Gasteiger partial charge in [0.2, 0.25) is 0 Å². The van der Waals surface area contributed by atoms with Crippen LogP contribution in [0.15, 0.2) is 59.1 Å². The minimum atomic E-state index is -0.336. The molecule has 0 fully saturated rings. The molecule has 0 aliphatic heterocycles. The summed E-state index contributed by atoms with van der Waals surface area (Å²) in [6.45, 7) is 2.02. The Kier molecular flexibility index (Phi) is 6.62. The zero-order chi connectivity index (χ0) is 17.5. The number of hydrogen-bond donors (Lipinski definition) is 0. The highest BCUT2D eigenvalue weighted by atomic mass is 79.9. The van der Waals surface area contributed by atoms with E-state index in [1.807, 2.05) is 67.6 Å². The van der Waals surface area contributed by atoms with Crippen molar-refractivity contribution in [3.8, 4) is 5.75 Å². The van der Waals surface area contributed by atoms with Crippen LogP contribution in [0.1, 0.15) is 24.0 Å². The maximum Gasteiger partial charge on any atom is 0.313 e. The molecule has 24 heavy (non-hydrogen) atoms. The van der Waals surface area contributed by atoms with Gasteiger partial charge in [-0.3, -0.25) is 4.79 Å². The highest BCUT2D eigenvalue weighted by molar-refractivity contribution is 9.10. The van der Waals surface area contributed by atoms with E-state index in [-0.39, 0.29) is 17.8 Å². The third-order valence-corrected chi connectivity index (χ3v) is 4.45. The molecule has 0 spiro atoms. The van der Waals surface area contributed by atoms with E-state index >= 15 is 0 Å². The van der Waals surface area contributed by atoms with Gasteiger partial charge in [0.15, 0.2) is 0 Å². The molecule has 0 radical (unpaired) electrons. The zero-order valence-corrected chi connectivity index (χ0v) is 15.6. The summed E-state index contributed by atoms with van der Waals surface area (Å²) in [5, 5.41) is 0. The first-order valence-electron chi connectivity index (χ1n) is 7.70. The molecule has 2 aromatic rings. The van der Waals surface area contributed by atoms with Crippen LogP contribution in [0.5, 0.6) is 5.75 Å². The van der Waals surface area contributed by atoms with Gasteiger partial charge in [0.05, 0.1) is 20.1 Å². The summed E-state index contributed by atoms with van der Waals surface area (Å²) in [6, 6.07) is 15.6. The Bertz CT molecular complexity index is 690. The lowest BCUT2D eigenvalue weighted by atomic mass is 9.86. The summed E-state index contributed by atoms with van der Waals surface area (Å²) in [4.78, 5) is 12.2. The molecule has 0 aromatic heterocycles. The van der Waals surface area contributed by atoms with Gasteiger partial charge < -0.3 is 9.47 Å². The number of carbonyl (C=O) groups excluding carboxylic acids is 1. The largest absolute Gasteiger partial charge is 0.497 e. The molecule has 0 N–H and O–H groups in total. The molecule has 0 aliphatic rings. The van der Waals surface area contributed by atoms with Crippen molar-refractivity contribution in [1.82, 2.24) is 0 Å². The monoisotopic (exact) mass is 388 g/mol. The molecule has 0 saturated heterocycles. The quantitative estimate of drug-likeness (QED) is 0.648. The number of esters is 1. The second-order valence-electron chi connectivity index (χ2n) is 5.54. The van der Waals surface area contributed by atoms with Crippen LogP contribution < -0.4 is 4.74 Å². The van der Waals surface area contributed by atoms with Crippen molar-refractivity contribution in [2.24, 2.45) is 5.92 Å². The maximum absolute atomic E-state index is 12.2. The van der Waals surface area contributed by atoms with Crippen molar-refractivity contribution in [2.45, 2.75) is 12.8 Å². The third kappa shape index (κ3) is 4.71. The predicted molar refractivity (Wildman–Crippen MR) is 100 cm³/mol. The molecule has 2 rings (SSSR count). The first-order chi connectivity index (χ1) is 11.5. The van der Waals surface area contributed by atoms with Crippen LogP contribution >= 0.6 is 15.9 Å². The Morgan fingerprint density at radius 2 is 1.67 bits per heavy atom. The van der Waals surface area contributed by atoms with Gasteiger partial charge in [0, 0.05) is 4.47 Å². The lowest BCUT2D eigenvalue weighted by Gasteiger charge is -2.19. The van der Waals surface area contributed by atoms with E-state index in [9.17, 15) is 4.79 Å². The predicted octanol–water partition coefficient (Wildman–Crippen LogP) is 5.06. The van der Waals surface area contributed by atoms with E-state index in [0.717, 1.165) is 21.3 Å². The van der Waals surface area contributed by atoms with Crippen molar-refractivity contribution in [1.29, 1.82) is 0 Å². The average Bonchev–Trinajstić information content (AvgIpc) is 2.62. The number of benzene rings is 2. The van der Waals surface area contributed by atoms with Gasteiger partial charge in [-0.1, -0.05) is 59.3 Å². The highest BCUT2D eigenvalue weighted by Gasteiger charge is 2.26. The first kappa shape index (κ1) is 18.3. The smallest absolute Gasteiger partial charge is 0.313 e. The SMILES string of the molecule is COC(=O)[C@H](c1ccc(Br)cc1)C(C)/C=C/c1ccc(OC)cc1. The Morgan fingerprint density at radius 1 is 1.04 bits per heavy atom. The fraction of sp³-hybridized carbons (Fsp3) is 0.250. The van der Waals surface area contributed by atoms with Gasteiger partial charge >= 0.3 is 5.97 Å². The fourth-order valence-corrected chi connectivity index (χ4v) is 2.80. The standard InChI is InChI=1S/C20H21BrO3/c1-14(4-5-15-6-12-18(23-2)13-7-15)19(20(22)24-3)16-8-10-17(21)11-9-16/h4-14,19H,1-3H3/b5-4+/t14?,19-/m0/s1. The number of hydrogen-bond acceptors (Lipinski definition) is 3. The lowest BCUT2D eigenvalue weighted by Crippen LogP contribution is -2.20. The summed E-state index contributed by atoms with van der Waals surface area (Å²) < 4.78 is 11.1. The maximum atomic E-state index is 12.2. The Labute approximate surface area is 151 Å². The normalized spacial score (nSPS) is 13.5. The lowest BCUT2D eigenvalue weighted by molar-refractivity contribution is -0.143.